The largest absolute Gasteiger partial charge is 0.488 e. The zero-order valence-electron chi connectivity index (χ0n) is 15.9. The molecule has 0 aliphatic rings. The number of methoxy groups -OCH3 is 1. The average Bonchev–Trinajstić information content (AvgIpc) is 2.69. The topological polar surface area (TPSA) is 93.7 Å². The van der Waals surface area contributed by atoms with Gasteiger partial charge in [-0.2, -0.15) is 0 Å². The van der Waals surface area contributed by atoms with Crippen LogP contribution in [0, 0.1) is 5.82 Å². The molecule has 0 radical (unpaired) electrons. The number of carbonyl (C=O) groups excluding carboxylic acids is 1. The number of nitrogens with one attached hydrogen (secondary N) is 2. The van der Waals surface area contributed by atoms with Crippen molar-refractivity contribution in [2.24, 2.45) is 0 Å². The molecule has 0 aliphatic heterocycles. The van der Waals surface area contributed by atoms with Gasteiger partial charge in [-0.15, -0.1) is 0 Å². The van der Waals surface area contributed by atoms with E-state index in [4.69, 9.17) is 9.47 Å². The molecular formula is C20H23FN2O5S. The summed E-state index contributed by atoms with van der Waals surface area (Å²) in [7, 11) is -2.16. The maximum Gasteiger partial charge on any atom is 0.233 e. The summed E-state index contributed by atoms with van der Waals surface area (Å²) in [5.74, 6) is -1.02. The summed E-state index contributed by atoms with van der Waals surface area (Å²) in [6.45, 7) is 0.445. The lowest BCUT2D eigenvalue weighted by Crippen LogP contribution is -2.26. The Labute approximate surface area is 169 Å². The van der Waals surface area contributed by atoms with Crippen LogP contribution in [0.1, 0.15) is 12.0 Å². The molecule has 0 heterocycles. The van der Waals surface area contributed by atoms with Crippen LogP contribution in [0.4, 0.5) is 10.1 Å². The molecule has 2 aromatic rings. The molecule has 2 rings (SSSR count). The van der Waals surface area contributed by atoms with Gasteiger partial charge in [0.25, 0.3) is 0 Å². The smallest absolute Gasteiger partial charge is 0.233 e. The lowest BCUT2D eigenvalue weighted by molar-refractivity contribution is -0.116. The first-order chi connectivity index (χ1) is 13.9. The number of benzene rings is 2. The van der Waals surface area contributed by atoms with Gasteiger partial charge in [-0.3, -0.25) is 4.79 Å². The highest BCUT2D eigenvalue weighted by Crippen LogP contribution is 2.21. The quantitative estimate of drug-likeness (QED) is 0.543. The van der Waals surface area contributed by atoms with E-state index in [1.165, 1.54) is 25.3 Å². The van der Waals surface area contributed by atoms with Crippen LogP contribution < -0.4 is 14.8 Å². The van der Waals surface area contributed by atoms with E-state index in [-0.39, 0.29) is 31.0 Å². The van der Waals surface area contributed by atoms with Crippen molar-refractivity contribution in [2.45, 2.75) is 6.42 Å². The van der Waals surface area contributed by atoms with Crippen molar-refractivity contribution in [3.8, 4) is 5.75 Å². The first-order valence-electron chi connectivity index (χ1n) is 8.83. The molecule has 0 saturated carbocycles. The number of hydrogen-bond donors (Lipinski definition) is 2. The molecule has 1 amide bonds. The number of anilines is 1. The molecule has 0 aliphatic carbocycles. The number of amides is 1. The maximum atomic E-state index is 13.9. The van der Waals surface area contributed by atoms with Gasteiger partial charge < -0.3 is 14.8 Å². The Morgan fingerprint density at radius 1 is 1.14 bits per heavy atom. The zero-order valence-corrected chi connectivity index (χ0v) is 16.7. The summed E-state index contributed by atoms with van der Waals surface area (Å²) in [6, 6.07) is 13.0. The predicted octanol–water partition coefficient (Wildman–Crippen LogP) is 2.77. The van der Waals surface area contributed by atoms with Crippen molar-refractivity contribution in [1.82, 2.24) is 4.72 Å². The first-order valence-corrected chi connectivity index (χ1v) is 10.4. The van der Waals surface area contributed by atoms with Crippen LogP contribution in [0.15, 0.2) is 53.9 Å². The number of sulfonamides is 1. The molecule has 156 valence electrons. The van der Waals surface area contributed by atoms with Crippen LogP contribution in [0.5, 0.6) is 5.75 Å². The Morgan fingerprint density at radius 2 is 1.90 bits per heavy atom. The lowest BCUT2D eigenvalue weighted by atomic mass is 10.2. The average molecular weight is 422 g/mol. The van der Waals surface area contributed by atoms with Crippen molar-refractivity contribution in [1.29, 1.82) is 0 Å². The van der Waals surface area contributed by atoms with Gasteiger partial charge in [-0.1, -0.05) is 30.3 Å². The maximum absolute atomic E-state index is 13.9. The lowest BCUT2D eigenvalue weighted by Gasteiger charge is -2.09. The number of rotatable bonds is 11. The second kappa shape index (κ2) is 11.3. The number of hydrogen-bond acceptors (Lipinski definition) is 5. The highest BCUT2D eigenvalue weighted by atomic mass is 32.2. The van der Waals surface area contributed by atoms with Gasteiger partial charge in [0.15, 0.2) is 11.6 Å². The van der Waals surface area contributed by atoms with E-state index in [1.807, 2.05) is 6.07 Å². The molecule has 0 fully saturated rings. The molecule has 29 heavy (non-hydrogen) atoms. The first kappa shape index (κ1) is 22.5. The Kier molecular flexibility index (Phi) is 8.78. The van der Waals surface area contributed by atoms with Crippen LogP contribution in [-0.4, -0.2) is 41.2 Å². The SMILES string of the molecule is COCCOc1ccc(NC(=O)CCNS(=O)(=O)C=Cc2ccccc2)cc1F. The second-order valence-electron chi connectivity index (χ2n) is 5.94. The van der Waals surface area contributed by atoms with Crippen molar-refractivity contribution >= 4 is 27.7 Å². The molecule has 0 atom stereocenters. The minimum Gasteiger partial charge on any atom is -0.488 e. The van der Waals surface area contributed by atoms with Crippen molar-refractivity contribution in [2.75, 3.05) is 32.2 Å². The zero-order chi connectivity index (χ0) is 21.1. The van der Waals surface area contributed by atoms with E-state index in [9.17, 15) is 17.6 Å². The normalized spacial score (nSPS) is 11.5. The van der Waals surface area contributed by atoms with Crippen LogP contribution in [0.3, 0.4) is 0 Å². The Bertz CT molecular complexity index is 933. The monoisotopic (exact) mass is 422 g/mol. The molecule has 9 heteroatoms. The predicted molar refractivity (Wildman–Crippen MR) is 109 cm³/mol. The van der Waals surface area contributed by atoms with Gasteiger partial charge in [0.2, 0.25) is 15.9 Å². The molecular weight excluding hydrogens is 399 g/mol. The molecule has 0 aromatic heterocycles. The molecule has 0 spiro atoms. The summed E-state index contributed by atoms with van der Waals surface area (Å²) >= 11 is 0. The molecule has 2 N–H and O–H groups in total. The van der Waals surface area contributed by atoms with E-state index in [0.29, 0.717) is 6.61 Å². The highest BCUT2D eigenvalue weighted by molar-refractivity contribution is 7.92. The number of halogens is 1. The Hall–Kier alpha value is -2.75. The molecule has 2 aromatic carbocycles. The van der Waals surface area contributed by atoms with Gasteiger partial charge >= 0.3 is 0 Å². The fourth-order valence-electron chi connectivity index (χ4n) is 2.24. The molecule has 7 nitrogen and oxygen atoms in total. The highest BCUT2D eigenvalue weighted by Gasteiger charge is 2.10. The van der Waals surface area contributed by atoms with Crippen molar-refractivity contribution in [3.63, 3.8) is 0 Å². The third-order valence-corrected chi connectivity index (χ3v) is 4.76. The molecule has 0 unspecified atom stereocenters. The van der Waals surface area contributed by atoms with Crippen molar-refractivity contribution < 1.29 is 27.1 Å². The molecule has 0 saturated heterocycles. The Morgan fingerprint density at radius 3 is 2.59 bits per heavy atom. The van der Waals surface area contributed by atoms with Crippen molar-refractivity contribution in [3.05, 3.63) is 65.3 Å². The summed E-state index contributed by atoms with van der Waals surface area (Å²) in [6.07, 6.45) is 1.35. The van der Waals surface area contributed by atoms with Gasteiger partial charge in [-0.05, 0) is 23.8 Å². The minimum atomic E-state index is -3.67. The van der Waals surface area contributed by atoms with E-state index in [1.54, 1.807) is 24.3 Å². The van der Waals surface area contributed by atoms with E-state index in [0.717, 1.165) is 17.0 Å². The van der Waals surface area contributed by atoms with Crippen LogP contribution in [-0.2, 0) is 19.6 Å². The van der Waals surface area contributed by atoms with Gasteiger partial charge in [-0.25, -0.2) is 17.5 Å². The van der Waals surface area contributed by atoms with Gasteiger partial charge in [0.05, 0.1) is 6.61 Å². The number of carbonyl (C=O) groups is 1. The number of ether oxygens (including phenoxy) is 2. The van der Waals surface area contributed by atoms with Crippen LogP contribution in [0.25, 0.3) is 6.08 Å². The fraction of sp³-hybridized carbons (Fsp3) is 0.250. The standard InChI is InChI=1S/C20H23FN2O5S/c1-27-12-13-28-19-8-7-17(15-18(19)21)23-20(24)9-11-22-29(25,26)14-10-16-5-3-2-4-6-16/h2-8,10,14-15,22H,9,11-13H2,1H3,(H,23,24). The Balaban J connectivity index is 1.79. The summed E-state index contributed by atoms with van der Waals surface area (Å²) < 4.78 is 50.1. The summed E-state index contributed by atoms with van der Waals surface area (Å²) in [4.78, 5) is 12.0. The third-order valence-electron chi connectivity index (χ3n) is 3.66. The van der Waals surface area contributed by atoms with Gasteiger partial charge in [0.1, 0.15) is 6.61 Å². The fourth-order valence-corrected chi connectivity index (χ4v) is 3.06. The van der Waals surface area contributed by atoms with Crippen LogP contribution >= 0.6 is 0 Å². The minimum absolute atomic E-state index is 0.0537. The summed E-state index contributed by atoms with van der Waals surface area (Å²) in [5, 5.41) is 3.55. The molecule has 0 bridgehead atoms. The van der Waals surface area contributed by atoms with E-state index < -0.39 is 21.7 Å². The van der Waals surface area contributed by atoms with Crippen LogP contribution in [0.2, 0.25) is 0 Å². The van der Waals surface area contributed by atoms with E-state index >= 15 is 0 Å². The summed E-state index contributed by atoms with van der Waals surface area (Å²) in [5.41, 5.74) is 0.991. The van der Waals surface area contributed by atoms with E-state index in [2.05, 4.69) is 10.0 Å². The van der Waals surface area contributed by atoms with Gasteiger partial charge in [0, 0.05) is 37.2 Å². The second-order valence-corrected chi connectivity index (χ2v) is 7.59. The third kappa shape index (κ3) is 8.43.